The van der Waals surface area contributed by atoms with E-state index in [1.165, 1.54) is 6.07 Å². The van der Waals surface area contributed by atoms with Crippen molar-refractivity contribution in [2.24, 2.45) is 0 Å². The van der Waals surface area contributed by atoms with E-state index in [2.05, 4.69) is 0 Å². The van der Waals surface area contributed by atoms with Crippen LogP contribution in [0.15, 0.2) is 12.1 Å². The molecule has 0 aliphatic heterocycles. The number of nitrogen functional groups attached to an aromatic ring is 1. The highest BCUT2D eigenvalue weighted by atomic mass is 16.4. The minimum atomic E-state index is -0.924. The Morgan fingerprint density at radius 1 is 1.54 bits per heavy atom. The molecular weight excluding hydrogens is 166 g/mol. The maximum absolute atomic E-state index is 10.7. The second-order valence-electron chi connectivity index (χ2n) is 3.02. The summed E-state index contributed by atoms with van der Waals surface area (Å²) in [6, 6.07) is 3.36. The van der Waals surface area contributed by atoms with Crippen LogP contribution in [0, 0.1) is 6.92 Å². The van der Waals surface area contributed by atoms with Crippen molar-refractivity contribution in [3.63, 3.8) is 0 Å². The van der Waals surface area contributed by atoms with Gasteiger partial charge >= 0.3 is 5.97 Å². The first-order chi connectivity index (χ1) is 6.06. The number of benzene rings is 1. The highest BCUT2D eigenvalue weighted by molar-refractivity contribution is 5.90. The standard InChI is InChI=1S/C10H13NO2/c1-3-7-4-6(2)8(10(12)13)5-9(7)11/h4-5H,3,11H2,1-2H3,(H,12,13). The molecule has 1 aromatic rings. The third-order valence-corrected chi connectivity index (χ3v) is 2.10. The number of carboxylic acids is 1. The minimum Gasteiger partial charge on any atom is -0.478 e. The second kappa shape index (κ2) is 3.47. The van der Waals surface area contributed by atoms with Gasteiger partial charge in [0.25, 0.3) is 0 Å². The predicted octanol–water partition coefficient (Wildman–Crippen LogP) is 1.84. The molecule has 0 spiro atoms. The summed E-state index contributed by atoms with van der Waals surface area (Å²) in [5.74, 6) is -0.924. The highest BCUT2D eigenvalue weighted by Crippen LogP contribution is 2.18. The lowest BCUT2D eigenvalue weighted by Gasteiger charge is -2.07. The Hall–Kier alpha value is -1.51. The molecule has 0 atom stereocenters. The number of hydrogen-bond acceptors (Lipinski definition) is 2. The Balaban J connectivity index is 3.28. The maximum atomic E-state index is 10.7. The molecule has 0 amide bonds. The van der Waals surface area contributed by atoms with Gasteiger partial charge in [0.1, 0.15) is 0 Å². The Kier molecular flexibility index (Phi) is 2.56. The first-order valence-electron chi connectivity index (χ1n) is 4.18. The number of hydrogen-bond donors (Lipinski definition) is 2. The lowest BCUT2D eigenvalue weighted by atomic mass is 10.0. The van der Waals surface area contributed by atoms with Crippen LogP contribution < -0.4 is 5.73 Å². The van der Waals surface area contributed by atoms with Crippen molar-refractivity contribution in [2.45, 2.75) is 20.3 Å². The number of aromatic carboxylic acids is 1. The van der Waals surface area contributed by atoms with Crippen LogP contribution in [-0.4, -0.2) is 11.1 Å². The summed E-state index contributed by atoms with van der Waals surface area (Å²) in [5.41, 5.74) is 8.29. The number of nitrogens with two attached hydrogens (primary N) is 1. The van der Waals surface area contributed by atoms with Crippen molar-refractivity contribution in [1.82, 2.24) is 0 Å². The van der Waals surface area contributed by atoms with E-state index in [0.29, 0.717) is 5.69 Å². The molecule has 0 bridgehead atoms. The molecule has 3 N–H and O–H groups in total. The Labute approximate surface area is 77.2 Å². The molecular formula is C10H13NO2. The van der Waals surface area contributed by atoms with Crippen molar-refractivity contribution in [3.8, 4) is 0 Å². The zero-order valence-electron chi connectivity index (χ0n) is 7.79. The molecule has 70 valence electrons. The van der Waals surface area contributed by atoms with Gasteiger partial charge < -0.3 is 10.8 Å². The molecule has 0 fully saturated rings. The number of aryl methyl sites for hydroxylation is 2. The van der Waals surface area contributed by atoms with E-state index in [1.807, 2.05) is 13.0 Å². The van der Waals surface area contributed by atoms with Gasteiger partial charge in [0.2, 0.25) is 0 Å². The van der Waals surface area contributed by atoms with Crippen LogP contribution in [0.1, 0.15) is 28.4 Å². The summed E-state index contributed by atoms with van der Waals surface area (Å²) in [7, 11) is 0. The number of rotatable bonds is 2. The summed E-state index contributed by atoms with van der Waals surface area (Å²) in [6.07, 6.45) is 0.826. The summed E-state index contributed by atoms with van der Waals surface area (Å²) >= 11 is 0. The quantitative estimate of drug-likeness (QED) is 0.681. The van der Waals surface area contributed by atoms with Gasteiger partial charge in [-0.15, -0.1) is 0 Å². The van der Waals surface area contributed by atoms with E-state index < -0.39 is 5.97 Å². The van der Waals surface area contributed by atoms with Gasteiger partial charge in [-0.2, -0.15) is 0 Å². The first-order valence-corrected chi connectivity index (χ1v) is 4.18. The summed E-state index contributed by atoms with van der Waals surface area (Å²) in [6.45, 7) is 3.77. The molecule has 3 heteroatoms. The molecule has 0 heterocycles. The lowest BCUT2D eigenvalue weighted by Crippen LogP contribution is -2.03. The average molecular weight is 179 g/mol. The van der Waals surface area contributed by atoms with Crippen LogP contribution in [-0.2, 0) is 6.42 Å². The van der Waals surface area contributed by atoms with Gasteiger partial charge in [0.05, 0.1) is 5.56 Å². The number of carbonyl (C=O) groups is 1. The van der Waals surface area contributed by atoms with Crippen LogP contribution in [0.3, 0.4) is 0 Å². The third-order valence-electron chi connectivity index (χ3n) is 2.10. The van der Waals surface area contributed by atoms with Crippen molar-refractivity contribution in [1.29, 1.82) is 0 Å². The smallest absolute Gasteiger partial charge is 0.336 e. The molecule has 0 radical (unpaired) electrons. The van der Waals surface area contributed by atoms with Gasteiger partial charge in [-0.1, -0.05) is 13.0 Å². The van der Waals surface area contributed by atoms with Crippen LogP contribution in [0.2, 0.25) is 0 Å². The van der Waals surface area contributed by atoms with Crippen molar-refractivity contribution < 1.29 is 9.90 Å². The van der Waals surface area contributed by atoms with E-state index in [1.54, 1.807) is 6.92 Å². The number of anilines is 1. The molecule has 0 saturated carbocycles. The van der Waals surface area contributed by atoms with Crippen LogP contribution >= 0.6 is 0 Å². The fourth-order valence-electron chi connectivity index (χ4n) is 1.32. The normalized spacial score (nSPS) is 10.0. The Morgan fingerprint density at radius 2 is 2.15 bits per heavy atom. The molecule has 0 saturated heterocycles. The zero-order valence-corrected chi connectivity index (χ0v) is 7.79. The van der Waals surface area contributed by atoms with E-state index in [0.717, 1.165) is 17.5 Å². The fraction of sp³-hybridized carbons (Fsp3) is 0.300. The second-order valence-corrected chi connectivity index (χ2v) is 3.02. The van der Waals surface area contributed by atoms with Crippen LogP contribution in [0.4, 0.5) is 5.69 Å². The van der Waals surface area contributed by atoms with E-state index >= 15 is 0 Å². The van der Waals surface area contributed by atoms with Crippen LogP contribution in [0.25, 0.3) is 0 Å². The Bertz CT molecular complexity index is 345. The highest BCUT2D eigenvalue weighted by Gasteiger charge is 2.09. The van der Waals surface area contributed by atoms with Gasteiger partial charge in [0.15, 0.2) is 0 Å². The monoisotopic (exact) mass is 179 g/mol. The average Bonchev–Trinajstić information content (AvgIpc) is 2.07. The van der Waals surface area contributed by atoms with Gasteiger partial charge in [-0.05, 0) is 30.5 Å². The molecule has 13 heavy (non-hydrogen) atoms. The molecule has 0 aliphatic carbocycles. The predicted molar refractivity (Wildman–Crippen MR) is 51.9 cm³/mol. The maximum Gasteiger partial charge on any atom is 0.336 e. The molecule has 1 rings (SSSR count). The molecule has 3 nitrogen and oxygen atoms in total. The lowest BCUT2D eigenvalue weighted by molar-refractivity contribution is 0.0696. The Morgan fingerprint density at radius 3 is 2.62 bits per heavy atom. The molecule has 0 aliphatic rings. The van der Waals surface area contributed by atoms with Crippen LogP contribution in [0.5, 0.6) is 0 Å². The van der Waals surface area contributed by atoms with E-state index in [9.17, 15) is 4.79 Å². The molecule has 0 aromatic heterocycles. The largest absolute Gasteiger partial charge is 0.478 e. The SMILES string of the molecule is CCc1cc(C)c(C(=O)O)cc1N. The zero-order chi connectivity index (χ0) is 10.0. The van der Waals surface area contributed by atoms with Crippen molar-refractivity contribution >= 4 is 11.7 Å². The summed E-state index contributed by atoms with van der Waals surface area (Å²) in [5, 5.41) is 8.80. The summed E-state index contributed by atoms with van der Waals surface area (Å²) < 4.78 is 0. The van der Waals surface area contributed by atoms with Crippen molar-refractivity contribution in [3.05, 3.63) is 28.8 Å². The van der Waals surface area contributed by atoms with Gasteiger partial charge in [-0.3, -0.25) is 0 Å². The van der Waals surface area contributed by atoms with E-state index in [-0.39, 0.29) is 5.56 Å². The minimum absolute atomic E-state index is 0.287. The third kappa shape index (κ3) is 1.80. The van der Waals surface area contributed by atoms with Gasteiger partial charge in [0, 0.05) is 5.69 Å². The molecule has 0 unspecified atom stereocenters. The van der Waals surface area contributed by atoms with Gasteiger partial charge in [-0.25, -0.2) is 4.79 Å². The molecule has 1 aromatic carbocycles. The topological polar surface area (TPSA) is 63.3 Å². The summed E-state index contributed by atoms with van der Waals surface area (Å²) in [4.78, 5) is 10.7. The first kappa shape index (κ1) is 9.58. The number of carboxylic acid groups (broad SMARTS) is 1. The fourth-order valence-corrected chi connectivity index (χ4v) is 1.32. The van der Waals surface area contributed by atoms with Crippen molar-refractivity contribution in [2.75, 3.05) is 5.73 Å². The van der Waals surface area contributed by atoms with E-state index in [4.69, 9.17) is 10.8 Å².